The first-order chi connectivity index (χ1) is 14.6. The average Bonchev–Trinajstić information content (AvgIpc) is 3.15. The quantitative estimate of drug-likeness (QED) is 0.554. The molecule has 0 fully saturated rings. The van der Waals surface area contributed by atoms with Crippen LogP contribution in [0.4, 0.5) is 5.69 Å². The third-order valence-corrected chi connectivity index (χ3v) is 6.52. The van der Waals surface area contributed by atoms with Crippen molar-refractivity contribution in [2.45, 2.75) is 51.7 Å². The second-order valence-electron chi connectivity index (χ2n) is 8.02. The Balaban J connectivity index is 1.87. The van der Waals surface area contributed by atoms with Gasteiger partial charge in [-0.25, -0.2) is 18.1 Å². The Morgan fingerprint density at radius 2 is 1.81 bits per heavy atom. The van der Waals surface area contributed by atoms with Crippen molar-refractivity contribution in [2.24, 2.45) is 5.92 Å². The summed E-state index contributed by atoms with van der Waals surface area (Å²) in [6.07, 6.45) is 4.48. The van der Waals surface area contributed by atoms with Crippen molar-refractivity contribution >= 4 is 32.5 Å². The van der Waals surface area contributed by atoms with Crippen molar-refractivity contribution in [2.75, 3.05) is 11.6 Å². The van der Waals surface area contributed by atoms with E-state index in [4.69, 9.17) is 0 Å². The minimum atomic E-state index is -3.25. The minimum absolute atomic E-state index is 0.144. The maximum absolute atomic E-state index is 13.0. The van der Waals surface area contributed by atoms with Crippen LogP contribution in [0.5, 0.6) is 0 Å². The molecule has 1 aromatic carbocycles. The van der Waals surface area contributed by atoms with E-state index in [-0.39, 0.29) is 23.4 Å². The molecular weight excluding hydrogens is 414 g/mol. The van der Waals surface area contributed by atoms with Crippen molar-refractivity contribution < 1.29 is 13.2 Å². The van der Waals surface area contributed by atoms with Gasteiger partial charge in [-0.2, -0.15) is 5.10 Å². The van der Waals surface area contributed by atoms with E-state index in [9.17, 15) is 13.2 Å². The molecule has 166 valence electrons. The molecule has 2 heterocycles. The highest BCUT2D eigenvalue weighted by atomic mass is 32.2. The summed E-state index contributed by atoms with van der Waals surface area (Å²) in [5.74, 6) is 0.109. The van der Waals surface area contributed by atoms with E-state index in [1.165, 1.54) is 6.26 Å². The monoisotopic (exact) mass is 443 g/mol. The molecule has 2 N–H and O–H groups in total. The average molecular weight is 444 g/mol. The molecule has 31 heavy (non-hydrogen) atoms. The molecule has 0 unspecified atom stereocenters. The van der Waals surface area contributed by atoms with Crippen molar-refractivity contribution in [3.05, 3.63) is 47.8 Å². The molecule has 9 heteroatoms. The molecule has 0 aliphatic carbocycles. The van der Waals surface area contributed by atoms with Gasteiger partial charge in [-0.3, -0.25) is 4.79 Å². The third kappa shape index (κ3) is 5.04. The second kappa shape index (κ2) is 9.05. The first-order valence-electron chi connectivity index (χ1n) is 10.3. The standard InChI is InChI=1S/C22H29N5O3S/c1-6-27-21-18(13-25-27)20(26-15(4)14(2)3)19(12-23-21)22(28)24-11-16-7-9-17(10-8-16)31(5,29)30/h7-10,12-15H,6,11H2,1-5H3,(H,23,26)(H,24,28)/t15-/m0/s1. The van der Waals surface area contributed by atoms with Crippen LogP contribution < -0.4 is 10.6 Å². The number of nitrogens with one attached hydrogen (secondary N) is 2. The number of hydrogen-bond donors (Lipinski definition) is 2. The van der Waals surface area contributed by atoms with Crippen LogP contribution >= 0.6 is 0 Å². The maximum Gasteiger partial charge on any atom is 0.255 e. The lowest BCUT2D eigenvalue weighted by Crippen LogP contribution is -2.27. The summed E-state index contributed by atoms with van der Waals surface area (Å²) in [7, 11) is -3.25. The summed E-state index contributed by atoms with van der Waals surface area (Å²) in [4.78, 5) is 17.7. The fourth-order valence-corrected chi connectivity index (χ4v) is 3.74. The van der Waals surface area contributed by atoms with Gasteiger partial charge in [-0.15, -0.1) is 0 Å². The number of fused-ring (bicyclic) bond motifs is 1. The zero-order valence-electron chi connectivity index (χ0n) is 18.5. The van der Waals surface area contributed by atoms with E-state index < -0.39 is 9.84 Å². The van der Waals surface area contributed by atoms with Crippen LogP contribution in [0.25, 0.3) is 11.0 Å². The van der Waals surface area contributed by atoms with Gasteiger partial charge in [0.05, 0.1) is 27.7 Å². The second-order valence-corrected chi connectivity index (χ2v) is 10.0. The van der Waals surface area contributed by atoms with Gasteiger partial charge in [0.15, 0.2) is 15.5 Å². The number of amides is 1. The third-order valence-electron chi connectivity index (χ3n) is 5.39. The predicted octanol–water partition coefficient (Wildman–Crippen LogP) is 3.24. The largest absolute Gasteiger partial charge is 0.381 e. The van der Waals surface area contributed by atoms with E-state index in [1.807, 2.05) is 6.92 Å². The smallest absolute Gasteiger partial charge is 0.255 e. The maximum atomic E-state index is 13.0. The number of anilines is 1. The van der Waals surface area contributed by atoms with E-state index >= 15 is 0 Å². The lowest BCUT2D eigenvalue weighted by Gasteiger charge is -2.21. The van der Waals surface area contributed by atoms with Crippen LogP contribution in [0.15, 0.2) is 41.6 Å². The van der Waals surface area contributed by atoms with Crippen molar-refractivity contribution in [1.29, 1.82) is 0 Å². The van der Waals surface area contributed by atoms with Crippen LogP contribution in [0.3, 0.4) is 0 Å². The van der Waals surface area contributed by atoms with E-state index in [0.29, 0.717) is 18.0 Å². The highest BCUT2D eigenvalue weighted by molar-refractivity contribution is 7.90. The Labute approximate surface area is 183 Å². The summed E-state index contributed by atoms with van der Waals surface area (Å²) in [6, 6.07) is 6.62. The Bertz CT molecular complexity index is 1180. The lowest BCUT2D eigenvalue weighted by molar-refractivity contribution is 0.0951. The molecule has 0 aliphatic heterocycles. The van der Waals surface area contributed by atoms with Gasteiger partial charge >= 0.3 is 0 Å². The highest BCUT2D eigenvalue weighted by Gasteiger charge is 2.20. The molecule has 0 bridgehead atoms. The number of aryl methyl sites for hydroxylation is 1. The van der Waals surface area contributed by atoms with Crippen LogP contribution in [0.2, 0.25) is 0 Å². The Hall–Kier alpha value is -2.94. The first kappa shape index (κ1) is 22.7. The Kier molecular flexibility index (Phi) is 6.64. The number of carbonyl (C=O) groups excluding carboxylic acids is 1. The van der Waals surface area contributed by atoms with Gasteiger partial charge in [0.25, 0.3) is 5.91 Å². The number of benzene rings is 1. The molecule has 0 saturated heterocycles. The van der Waals surface area contributed by atoms with Gasteiger partial charge in [0.2, 0.25) is 0 Å². The molecule has 0 radical (unpaired) electrons. The number of aromatic nitrogens is 3. The highest BCUT2D eigenvalue weighted by Crippen LogP contribution is 2.28. The lowest BCUT2D eigenvalue weighted by atomic mass is 10.0. The molecule has 3 aromatic rings. The molecule has 0 saturated carbocycles. The topological polar surface area (TPSA) is 106 Å². The van der Waals surface area contributed by atoms with Crippen molar-refractivity contribution in [1.82, 2.24) is 20.1 Å². The SMILES string of the molecule is CCn1ncc2c(N[C@@H](C)C(C)C)c(C(=O)NCc3ccc(S(C)(=O)=O)cc3)cnc21. The number of hydrogen-bond acceptors (Lipinski definition) is 6. The van der Waals surface area contributed by atoms with Gasteiger partial charge in [0, 0.05) is 31.6 Å². The molecule has 1 atom stereocenters. The molecular formula is C22H29N5O3S. The number of nitrogens with zero attached hydrogens (tertiary/aromatic N) is 3. The summed E-state index contributed by atoms with van der Waals surface area (Å²) in [6.45, 7) is 9.26. The summed E-state index contributed by atoms with van der Waals surface area (Å²) >= 11 is 0. The van der Waals surface area contributed by atoms with Crippen LogP contribution in [0.1, 0.15) is 43.6 Å². The fraction of sp³-hybridized carbons (Fsp3) is 0.409. The Morgan fingerprint density at radius 1 is 1.13 bits per heavy atom. The van der Waals surface area contributed by atoms with Crippen molar-refractivity contribution in [3.8, 4) is 0 Å². The fourth-order valence-electron chi connectivity index (χ4n) is 3.11. The molecule has 0 aliphatic rings. The number of pyridine rings is 1. The molecule has 0 spiro atoms. The molecule has 8 nitrogen and oxygen atoms in total. The number of sulfone groups is 1. The van der Waals surface area contributed by atoms with E-state index in [2.05, 4.69) is 41.5 Å². The number of rotatable bonds is 8. The van der Waals surface area contributed by atoms with Gasteiger partial charge in [-0.05, 0) is 37.5 Å². The number of carbonyl (C=O) groups is 1. The zero-order chi connectivity index (χ0) is 22.8. The summed E-state index contributed by atoms with van der Waals surface area (Å²) in [5.41, 5.74) is 2.70. The molecule has 3 rings (SSSR count). The Morgan fingerprint density at radius 3 is 2.39 bits per heavy atom. The normalized spacial score (nSPS) is 12.8. The van der Waals surface area contributed by atoms with Gasteiger partial charge in [0.1, 0.15) is 0 Å². The zero-order valence-corrected chi connectivity index (χ0v) is 19.3. The first-order valence-corrected chi connectivity index (χ1v) is 12.2. The minimum Gasteiger partial charge on any atom is -0.381 e. The van der Waals surface area contributed by atoms with Crippen LogP contribution in [-0.4, -0.2) is 41.4 Å². The molecule has 1 amide bonds. The summed E-state index contributed by atoms with van der Waals surface area (Å²) < 4.78 is 25.0. The predicted molar refractivity (Wildman–Crippen MR) is 122 cm³/mol. The summed E-state index contributed by atoms with van der Waals surface area (Å²) in [5, 5.41) is 11.6. The molecule has 2 aromatic heterocycles. The van der Waals surface area contributed by atoms with E-state index in [1.54, 1.807) is 41.3 Å². The van der Waals surface area contributed by atoms with Crippen LogP contribution in [-0.2, 0) is 22.9 Å². The van der Waals surface area contributed by atoms with Crippen LogP contribution in [0, 0.1) is 5.92 Å². The van der Waals surface area contributed by atoms with Gasteiger partial charge < -0.3 is 10.6 Å². The van der Waals surface area contributed by atoms with Crippen molar-refractivity contribution in [3.63, 3.8) is 0 Å². The van der Waals surface area contributed by atoms with Gasteiger partial charge in [-0.1, -0.05) is 26.0 Å². The van der Waals surface area contributed by atoms with E-state index in [0.717, 1.165) is 22.3 Å².